The maximum absolute atomic E-state index is 13.6. The molecule has 0 N–H and O–H groups in total. The Morgan fingerprint density at radius 1 is 1.15 bits per heavy atom. The summed E-state index contributed by atoms with van der Waals surface area (Å²) in [7, 11) is 0. The van der Waals surface area contributed by atoms with Gasteiger partial charge in [0.2, 0.25) is 0 Å². The molecule has 0 aromatic carbocycles. The van der Waals surface area contributed by atoms with E-state index in [2.05, 4.69) is 25.7 Å². The number of rotatable bonds is 0. The summed E-state index contributed by atoms with van der Waals surface area (Å²) in [6.07, 6.45) is 11.7. The number of alkyl halides is 1. The second-order valence-electron chi connectivity index (χ2n) is 7.65. The van der Waals surface area contributed by atoms with Crippen molar-refractivity contribution in [1.82, 2.24) is 0 Å². The lowest BCUT2D eigenvalue weighted by Crippen LogP contribution is -2.39. The number of fused-ring (bicyclic) bond motifs is 5. The fourth-order valence-corrected chi connectivity index (χ4v) is 5.52. The Balaban J connectivity index is 1.70. The van der Waals surface area contributed by atoms with Crippen LogP contribution in [-0.4, -0.2) is 6.17 Å². The monoisotopic (exact) mass is 272 g/mol. The molecule has 108 valence electrons. The molecule has 0 bridgehead atoms. The van der Waals surface area contributed by atoms with Gasteiger partial charge >= 0.3 is 0 Å². The van der Waals surface area contributed by atoms with Crippen molar-refractivity contribution >= 4 is 0 Å². The standard InChI is InChI=1S/C19H25F/c1-12-3-8-18-17-6-4-13-11-14(20)5-7-15(13)16(17)9-10-19(12,18)2/h4,6,14-16,18H,1,3,5,7-11H2,2H3/t14-,15?,16?,18?,19+/m0/s1. The zero-order valence-corrected chi connectivity index (χ0v) is 12.5. The Kier molecular flexibility index (Phi) is 2.78. The van der Waals surface area contributed by atoms with Crippen molar-refractivity contribution in [3.05, 3.63) is 35.5 Å². The molecule has 4 rings (SSSR count). The smallest absolute Gasteiger partial charge is 0.104 e. The minimum atomic E-state index is -0.590. The van der Waals surface area contributed by atoms with Crippen LogP contribution in [0.3, 0.4) is 0 Å². The number of hydrogen-bond donors (Lipinski definition) is 0. The van der Waals surface area contributed by atoms with Crippen LogP contribution in [0.2, 0.25) is 0 Å². The van der Waals surface area contributed by atoms with Gasteiger partial charge in [-0.25, -0.2) is 4.39 Å². The molecule has 3 fully saturated rings. The van der Waals surface area contributed by atoms with E-state index in [-0.39, 0.29) is 0 Å². The summed E-state index contributed by atoms with van der Waals surface area (Å²) in [5, 5.41) is 0. The fraction of sp³-hybridized carbons (Fsp3) is 0.684. The van der Waals surface area contributed by atoms with Crippen LogP contribution < -0.4 is 0 Å². The molecule has 0 amide bonds. The minimum absolute atomic E-state index is 0.352. The lowest BCUT2D eigenvalue weighted by atomic mass is 9.56. The van der Waals surface area contributed by atoms with Crippen LogP contribution in [0.4, 0.5) is 4.39 Å². The maximum atomic E-state index is 13.6. The third kappa shape index (κ3) is 1.64. The molecule has 0 heterocycles. The molecule has 0 radical (unpaired) electrons. The molecule has 0 saturated heterocycles. The summed E-state index contributed by atoms with van der Waals surface area (Å²) in [5.74, 6) is 2.08. The first kappa shape index (κ1) is 12.9. The van der Waals surface area contributed by atoms with Crippen molar-refractivity contribution in [1.29, 1.82) is 0 Å². The van der Waals surface area contributed by atoms with Crippen molar-refractivity contribution in [3.8, 4) is 0 Å². The van der Waals surface area contributed by atoms with E-state index in [4.69, 9.17) is 0 Å². The van der Waals surface area contributed by atoms with Gasteiger partial charge in [-0.1, -0.05) is 42.4 Å². The van der Waals surface area contributed by atoms with Gasteiger partial charge < -0.3 is 0 Å². The third-order valence-corrected chi connectivity index (χ3v) is 6.82. The summed E-state index contributed by atoms with van der Waals surface area (Å²) < 4.78 is 13.6. The van der Waals surface area contributed by atoms with Gasteiger partial charge in [-0.05, 0) is 61.7 Å². The highest BCUT2D eigenvalue weighted by molar-refractivity contribution is 5.38. The summed E-state index contributed by atoms with van der Waals surface area (Å²) in [4.78, 5) is 0. The van der Waals surface area contributed by atoms with Crippen LogP contribution in [0.5, 0.6) is 0 Å². The predicted octanol–water partition coefficient (Wildman–Crippen LogP) is 5.37. The van der Waals surface area contributed by atoms with Gasteiger partial charge in [-0.3, -0.25) is 0 Å². The average Bonchev–Trinajstić information content (AvgIpc) is 2.74. The van der Waals surface area contributed by atoms with E-state index in [1.54, 1.807) is 5.57 Å². The minimum Gasteiger partial charge on any atom is -0.247 e. The first-order valence-corrected chi connectivity index (χ1v) is 8.32. The maximum Gasteiger partial charge on any atom is 0.104 e. The van der Waals surface area contributed by atoms with Gasteiger partial charge in [0.15, 0.2) is 0 Å². The Labute approximate surface area is 121 Å². The first-order valence-electron chi connectivity index (χ1n) is 8.32. The predicted molar refractivity (Wildman–Crippen MR) is 81.1 cm³/mol. The Bertz CT molecular complexity index is 512. The van der Waals surface area contributed by atoms with Crippen LogP contribution in [0.25, 0.3) is 0 Å². The Hall–Kier alpha value is -0.850. The van der Waals surface area contributed by atoms with Crippen molar-refractivity contribution in [2.75, 3.05) is 0 Å². The normalized spacial score (nSPS) is 47.0. The molecule has 0 aliphatic heterocycles. The summed E-state index contributed by atoms with van der Waals surface area (Å²) in [6, 6.07) is 0. The van der Waals surface area contributed by atoms with Gasteiger partial charge in [0.05, 0.1) is 0 Å². The van der Waals surface area contributed by atoms with Gasteiger partial charge in [-0.2, -0.15) is 0 Å². The third-order valence-electron chi connectivity index (χ3n) is 6.82. The molecule has 5 atom stereocenters. The highest BCUT2D eigenvalue weighted by Gasteiger charge is 2.50. The molecule has 1 heteroatoms. The number of hydrogen-bond acceptors (Lipinski definition) is 0. The molecule has 0 spiro atoms. The van der Waals surface area contributed by atoms with Crippen molar-refractivity contribution < 1.29 is 4.39 Å². The second kappa shape index (κ2) is 4.32. The molecule has 20 heavy (non-hydrogen) atoms. The van der Waals surface area contributed by atoms with E-state index in [0.717, 1.165) is 18.8 Å². The fourth-order valence-electron chi connectivity index (χ4n) is 5.52. The average molecular weight is 272 g/mol. The summed E-state index contributed by atoms with van der Waals surface area (Å²) in [5.41, 5.74) is 4.91. The van der Waals surface area contributed by atoms with Crippen LogP contribution in [0.1, 0.15) is 51.9 Å². The van der Waals surface area contributed by atoms with Crippen molar-refractivity contribution in [2.45, 2.75) is 58.0 Å². The quantitative estimate of drug-likeness (QED) is 0.520. The van der Waals surface area contributed by atoms with Crippen molar-refractivity contribution in [3.63, 3.8) is 0 Å². The zero-order chi connectivity index (χ0) is 13.9. The molecule has 4 aliphatic carbocycles. The van der Waals surface area contributed by atoms with E-state index >= 15 is 0 Å². The SMILES string of the molecule is C=C1CCC2C3=CC=C4C[C@@H](F)CCC4C3CC[C@]12C. The van der Waals surface area contributed by atoms with E-state index < -0.39 is 6.17 Å². The molecule has 4 aliphatic rings. The summed E-state index contributed by atoms with van der Waals surface area (Å²) in [6.45, 7) is 6.78. The molecular formula is C19H25F. The topological polar surface area (TPSA) is 0 Å². The van der Waals surface area contributed by atoms with Gasteiger partial charge in [-0.15, -0.1) is 0 Å². The molecule has 3 saturated carbocycles. The Morgan fingerprint density at radius 2 is 2.00 bits per heavy atom. The van der Waals surface area contributed by atoms with Crippen LogP contribution in [0, 0.1) is 23.2 Å². The highest BCUT2D eigenvalue weighted by atomic mass is 19.1. The number of halogens is 1. The van der Waals surface area contributed by atoms with Gasteiger partial charge in [0.25, 0.3) is 0 Å². The van der Waals surface area contributed by atoms with E-state index in [1.165, 1.54) is 36.8 Å². The van der Waals surface area contributed by atoms with E-state index in [0.29, 0.717) is 23.7 Å². The van der Waals surface area contributed by atoms with E-state index in [9.17, 15) is 4.39 Å². The van der Waals surface area contributed by atoms with E-state index in [1.807, 2.05) is 0 Å². The molecular weight excluding hydrogens is 247 g/mol. The van der Waals surface area contributed by atoms with Crippen LogP contribution in [-0.2, 0) is 0 Å². The Morgan fingerprint density at radius 3 is 2.85 bits per heavy atom. The molecule has 0 aromatic rings. The largest absolute Gasteiger partial charge is 0.247 e. The molecule has 3 unspecified atom stereocenters. The zero-order valence-electron chi connectivity index (χ0n) is 12.5. The lowest BCUT2D eigenvalue weighted by Gasteiger charge is -2.48. The van der Waals surface area contributed by atoms with Crippen molar-refractivity contribution in [2.24, 2.45) is 23.2 Å². The van der Waals surface area contributed by atoms with Gasteiger partial charge in [0.1, 0.15) is 6.17 Å². The molecule has 0 nitrogen and oxygen atoms in total. The summed E-state index contributed by atoms with van der Waals surface area (Å²) >= 11 is 0. The molecule has 0 aromatic heterocycles. The lowest BCUT2D eigenvalue weighted by molar-refractivity contribution is 0.153. The van der Waals surface area contributed by atoms with Gasteiger partial charge in [0, 0.05) is 6.42 Å². The number of allylic oxidation sites excluding steroid dienone is 5. The van der Waals surface area contributed by atoms with Crippen LogP contribution in [0.15, 0.2) is 35.5 Å². The second-order valence-corrected chi connectivity index (χ2v) is 7.65. The van der Waals surface area contributed by atoms with Crippen LogP contribution >= 0.6 is 0 Å². The highest BCUT2D eigenvalue weighted by Crippen LogP contribution is 2.61. The first-order chi connectivity index (χ1) is 9.59.